The molecule has 0 aromatic carbocycles. The van der Waals surface area contributed by atoms with Gasteiger partial charge in [0, 0.05) is 12.3 Å². The summed E-state index contributed by atoms with van der Waals surface area (Å²) in [6, 6.07) is 0. The fourth-order valence-corrected chi connectivity index (χ4v) is 4.21. The summed E-state index contributed by atoms with van der Waals surface area (Å²) in [5.41, 5.74) is 0. The standard InChI is InChI=1S/C17H29IO3/c1-10(2)19-15-7-6-14-17(21-15)13(5)12(4)16(20-14)11(3)8-9-18/h8-17H,6-7H2,1-5H3/b9-8+/t11-,12-,13+,14-,15-,16-,17+/m0/s1. The fourth-order valence-electron chi connectivity index (χ4n) is 3.56. The molecule has 2 saturated heterocycles. The van der Waals surface area contributed by atoms with E-state index in [1.165, 1.54) is 0 Å². The summed E-state index contributed by atoms with van der Waals surface area (Å²) in [7, 11) is 0. The quantitative estimate of drug-likeness (QED) is 0.640. The zero-order valence-electron chi connectivity index (χ0n) is 13.8. The molecule has 2 rings (SSSR count). The molecule has 21 heavy (non-hydrogen) atoms. The molecule has 0 N–H and O–H groups in total. The molecule has 0 aliphatic carbocycles. The van der Waals surface area contributed by atoms with Crippen LogP contribution < -0.4 is 0 Å². The van der Waals surface area contributed by atoms with Crippen molar-refractivity contribution < 1.29 is 14.2 Å². The van der Waals surface area contributed by atoms with Crippen LogP contribution in [0.3, 0.4) is 0 Å². The smallest absolute Gasteiger partial charge is 0.158 e. The summed E-state index contributed by atoms with van der Waals surface area (Å²) in [6.45, 7) is 11.0. The second kappa shape index (κ2) is 7.75. The molecule has 0 spiro atoms. The van der Waals surface area contributed by atoms with E-state index in [1.807, 2.05) is 0 Å². The molecular formula is C17H29IO3. The minimum Gasteiger partial charge on any atom is -0.371 e. The maximum atomic E-state index is 6.41. The summed E-state index contributed by atoms with van der Waals surface area (Å²) < 4.78 is 20.6. The van der Waals surface area contributed by atoms with E-state index < -0.39 is 0 Å². The zero-order valence-corrected chi connectivity index (χ0v) is 15.9. The maximum Gasteiger partial charge on any atom is 0.158 e. The Labute approximate surface area is 142 Å². The van der Waals surface area contributed by atoms with E-state index in [4.69, 9.17) is 14.2 Å². The van der Waals surface area contributed by atoms with Gasteiger partial charge >= 0.3 is 0 Å². The number of rotatable bonds is 4. The Bertz CT molecular complexity index is 356. The van der Waals surface area contributed by atoms with E-state index in [2.05, 4.69) is 67.4 Å². The van der Waals surface area contributed by atoms with Crippen LogP contribution in [0.15, 0.2) is 10.2 Å². The highest BCUT2D eigenvalue weighted by Gasteiger charge is 2.46. The molecule has 122 valence electrons. The summed E-state index contributed by atoms with van der Waals surface area (Å²) in [6.07, 6.45) is 5.04. The van der Waals surface area contributed by atoms with Crippen molar-refractivity contribution >= 4 is 22.6 Å². The number of fused-ring (bicyclic) bond motifs is 1. The van der Waals surface area contributed by atoms with Gasteiger partial charge in [-0.15, -0.1) is 0 Å². The van der Waals surface area contributed by atoms with Gasteiger partial charge < -0.3 is 14.2 Å². The summed E-state index contributed by atoms with van der Waals surface area (Å²) in [5, 5.41) is 0. The highest BCUT2D eigenvalue weighted by atomic mass is 127. The Balaban J connectivity index is 2.03. The fraction of sp³-hybridized carbons (Fsp3) is 0.882. The third-order valence-corrected chi connectivity index (χ3v) is 5.29. The van der Waals surface area contributed by atoms with Crippen molar-refractivity contribution in [1.29, 1.82) is 0 Å². The lowest BCUT2D eigenvalue weighted by atomic mass is 9.76. The molecule has 2 aliphatic heterocycles. The molecule has 2 heterocycles. The summed E-state index contributed by atoms with van der Waals surface area (Å²) in [5.74, 6) is 1.44. The predicted molar refractivity (Wildman–Crippen MR) is 93.4 cm³/mol. The molecule has 2 aliphatic rings. The highest BCUT2D eigenvalue weighted by molar-refractivity contribution is 14.1. The summed E-state index contributed by atoms with van der Waals surface area (Å²) >= 11 is 2.28. The van der Waals surface area contributed by atoms with Gasteiger partial charge in [0.1, 0.15) is 0 Å². The Morgan fingerprint density at radius 3 is 2.43 bits per heavy atom. The number of halogens is 1. The van der Waals surface area contributed by atoms with E-state index in [1.54, 1.807) is 0 Å². The van der Waals surface area contributed by atoms with Gasteiger partial charge in [-0.3, -0.25) is 0 Å². The molecule has 0 aromatic heterocycles. The van der Waals surface area contributed by atoms with E-state index in [0.717, 1.165) is 12.8 Å². The molecule has 0 radical (unpaired) electrons. The second-order valence-corrected chi connectivity index (χ2v) is 7.55. The Morgan fingerprint density at radius 2 is 1.81 bits per heavy atom. The zero-order chi connectivity index (χ0) is 15.6. The first-order valence-corrected chi connectivity index (χ1v) is 9.41. The molecule has 0 saturated carbocycles. The lowest BCUT2D eigenvalue weighted by Crippen LogP contribution is -2.55. The van der Waals surface area contributed by atoms with Crippen molar-refractivity contribution in [3.05, 3.63) is 10.2 Å². The van der Waals surface area contributed by atoms with Gasteiger partial charge in [-0.1, -0.05) is 49.4 Å². The van der Waals surface area contributed by atoms with Crippen molar-refractivity contribution in [2.45, 2.75) is 78.2 Å². The molecule has 0 bridgehead atoms. The number of hydrogen-bond acceptors (Lipinski definition) is 3. The van der Waals surface area contributed by atoms with Gasteiger partial charge in [0.2, 0.25) is 0 Å². The second-order valence-electron chi connectivity index (χ2n) is 6.83. The normalized spacial score (nSPS) is 42.2. The Hall–Kier alpha value is 0.350. The summed E-state index contributed by atoms with van der Waals surface area (Å²) in [4.78, 5) is 0. The van der Waals surface area contributed by atoms with Gasteiger partial charge in [-0.25, -0.2) is 0 Å². The first-order chi connectivity index (χ1) is 9.93. The van der Waals surface area contributed by atoms with Crippen LogP contribution in [0.2, 0.25) is 0 Å². The first kappa shape index (κ1) is 17.7. The molecule has 0 unspecified atom stereocenters. The van der Waals surface area contributed by atoms with Crippen LogP contribution in [-0.4, -0.2) is 30.7 Å². The average molecular weight is 408 g/mol. The third kappa shape index (κ3) is 4.21. The maximum absolute atomic E-state index is 6.41. The number of ether oxygens (including phenoxy) is 3. The van der Waals surface area contributed by atoms with Gasteiger partial charge in [-0.05, 0) is 36.2 Å². The van der Waals surface area contributed by atoms with Crippen molar-refractivity contribution in [3.8, 4) is 0 Å². The van der Waals surface area contributed by atoms with Crippen molar-refractivity contribution in [3.63, 3.8) is 0 Å². The van der Waals surface area contributed by atoms with Crippen LogP contribution in [0.1, 0.15) is 47.5 Å². The topological polar surface area (TPSA) is 27.7 Å². The largest absolute Gasteiger partial charge is 0.371 e. The van der Waals surface area contributed by atoms with Crippen LogP contribution >= 0.6 is 22.6 Å². The van der Waals surface area contributed by atoms with Crippen LogP contribution in [0.25, 0.3) is 0 Å². The minimum absolute atomic E-state index is 0.0623. The van der Waals surface area contributed by atoms with E-state index in [9.17, 15) is 0 Å². The number of hydrogen-bond donors (Lipinski definition) is 0. The minimum atomic E-state index is -0.0623. The van der Waals surface area contributed by atoms with Gasteiger partial charge in [0.05, 0.1) is 24.4 Å². The van der Waals surface area contributed by atoms with Crippen LogP contribution in [-0.2, 0) is 14.2 Å². The molecule has 2 fully saturated rings. The SMILES string of the molecule is CC(C)O[C@@H]1CC[C@@H]2O[C@@H]([C@@H](C)/C=C/I)[C@@H](C)[C@@H](C)[C@H]2O1. The van der Waals surface area contributed by atoms with Crippen LogP contribution in [0.4, 0.5) is 0 Å². The molecule has 3 nitrogen and oxygen atoms in total. The average Bonchev–Trinajstić information content (AvgIpc) is 2.43. The lowest BCUT2D eigenvalue weighted by Gasteiger charge is -2.49. The van der Waals surface area contributed by atoms with Crippen LogP contribution in [0.5, 0.6) is 0 Å². The predicted octanol–water partition coefficient (Wildman–Crippen LogP) is 4.54. The lowest BCUT2D eigenvalue weighted by molar-refractivity contribution is -0.287. The van der Waals surface area contributed by atoms with Crippen molar-refractivity contribution in [2.75, 3.05) is 0 Å². The van der Waals surface area contributed by atoms with Crippen molar-refractivity contribution in [1.82, 2.24) is 0 Å². The third-order valence-electron chi connectivity index (χ3n) is 4.88. The van der Waals surface area contributed by atoms with E-state index >= 15 is 0 Å². The highest BCUT2D eigenvalue weighted by Crippen LogP contribution is 2.40. The van der Waals surface area contributed by atoms with E-state index in [-0.39, 0.29) is 24.6 Å². The van der Waals surface area contributed by atoms with Gasteiger partial charge in [-0.2, -0.15) is 0 Å². The molecule has 4 heteroatoms. The Kier molecular flexibility index (Phi) is 6.53. The van der Waals surface area contributed by atoms with Crippen LogP contribution in [0, 0.1) is 17.8 Å². The van der Waals surface area contributed by atoms with Gasteiger partial charge in [0.15, 0.2) is 6.29 Å². The molecule has 7 atom stereocenters. The first-order valence-electron chi connectivity index (χ1n) is 8.17. The molecule has 0 amide bonds. The van der Waals surface area contributed by atoms with E-state index in [0.29, 0.717) is 23.9 Å². The Morgan fingerprint density at radius 1 is 1.10 bits per heavy atom. The van der Waals surface area contributed by atoms with Gasteiger partial charge in [0.25, 0.3) is 0 Å². The molecular weight excluding hydrogens is 379 g/mol. The van der Waals surface area contributed by atoms with Crippen molar-refractivity contribution in [2.24, 2.45) is 17.8 Å². The molecule has 0 aromatic rings. The monoisotopic (exact) mass is 408 g/mol.